The van der Waals surface area contributed by atoms with Gasteiger partial charge in [0, 0.05) is 0 Å². The van der Waals surface area contributed by atoms with Gasteiger partial charge in [0.15, 0.2) is 0 Å². The van der Waals surface area contributed by atoms with Crippen molar-refractivity contribution >= 4 is 0 Å². The lowest BCUT2D eigenvalue weighted by Gasteiger charge is -2.46. The van der Waals surface area contributed by atoms with Crippen LogP contribution in [0.5, 0.6) is 0 Å². The molecule has 0 aromatic rings. The zero-order valence-corrected chi connectivity index (χ0v) is 22.1. The van der Waals surface area contributed by atoms with Gasteiger partial charge in [-0.25, -0.2) is 0 Å². The molecule has 0 aliphatic heterocycles. The number of halogens is 36. The Morgan fingerprint density at radius 1 is 0.170 bits per heavy atom. The van der Waals surface area contributed by atoms with Crippen molar-refractivity contribution in [1.82, 2.24) is 0 Å². The van der Waals surface area contributed by atoms with Gasteiger partial charge in [0.25, 0.3) is 0 Å². The molecule has 0 rings (SSSR count). The molecule has 0 fully saturated rings. The van der Waals surface area contributed by atoms with Crippen molar-refractivity contribution in [2.45, 2.75) is 95.1 Å². The van der Waals surface area contributed by atoms with E-state index in [9.17, 15) is 158 Å². The minimum Gasteiger partial charge on any atom is -0.192 e. The molecule has 0 amide bonds. The van der Waals surface area contributed by atoms with Crippen molar-refractivity contribution in [2.24, 2.45) is 0 Å². The Balaban J connectivity index is 7.78. The topological polar surface area (TPSA) is 0 Å². The lowest BCUT2D eigenvalue weighted by molar-refractivity contribution is -1.32. The highest BCUT2D eigenvalue weighted by molar-refractivity contribution is 5.21. The number of hydrogen-bond acceptors (Lipinski definition) is 0. The highest BCUT2D eigenvalue weighted by atomic mass is 19.6. The van der Waals surface area contributed by atoms with Crippen LogP contribution >= 0.6 is 0 Å². The van der Waals surface area contributed by atoms with E-state index in [2.05, 4.69) is 0 Å². The molecule has 0 N–H and O–H groups in total. The number of nitrogens with zero attached hydrogens (tertiary/aromatic N) is 1. The summed E-state index contributed by atoms with van der Waals surface area (Å²) in [6.07, 6.45) is -8.44. The molecule has 0 heterocycles. The summed E-state index contributed by atoms with van der Waals surface area (Å²) in [5.41, 5.74) is 0. The molecule has 37 heteroatoms. The molecule has 1 nitrogen and oxygen atoms in total. The number of alkyl halides is 33. The molecular weight excluding hydrogens is 890 g/mol. The molecular formula is C16F36N+. The third-order valence-electron chi connectivity index (χ3n) is 6.18. The Labute approximate surface area is 260 Å². The Morgan fingerprint density at radius 2 is 0.283 bits per heavy atom. The van der Waals surface area contributed by atoms with Crippen LogP contribution < -0.4 is 0 Å². The van der Waals surface area contributed by atoms with E-state index in [0.29, 0.717) is 0 Å². The third-order valence-corrected chi connectivity index (χ3v) is 6.18. The van der Waals surface area contributed by atoms with Crippen LogP contribution in [0.2, 0.25) is 0 Å². The van der Waals surface area contributed by atoms with E-state index in [-0.39, 0.29) is 0 Å². The summed E-state index contributed by atoms with van der Waals surface area (Å²) >= 11 is 0. The van der Waals surface area contributed by atoms with E-state index < -0.39 is 100 Å². The van der Waals surface area contributed by atoms with Crippen molar-refractivity contribution in [3.8, 4) is 0 Å². The average Bonchev–Trinajstić information content (AvgIpc) is 2.89. The summed E-state index contributed by atoms with van der Waals surface area (Å²) in [5.74, 6) is -139. The minimum absolute atomic E-state index is 7.68. The molecule has 53 heavy (non-hydrogen) atoms. The molecule has 0 unspecified atom stereocenters. The summed E-state index contributed by atoms with van der Waals surface area (Å²) in [5, 5.41) is -7.68. The van der Waals surface area contributed by atoms with Crippen LogP contribution in [-0.2, 0) is 0 Å². The highest BCUT2D eigenvalue weighted by Crippen LogP contribution is 2.70. The highest BCUT2D eigenvalue weighted by Gasteiger charge is 3.03. The number of quaternary nitrogens is 1. The molecule has 0 bridgehead atoms. The van der Waals surface area contributed by atoms with Gasteiger partial charge in [0.05, 0.1) is 13.4 Å². The first-order valence-electron chi connectivity index (χ1n) is 10.7. The first kappa shape index (κ1) is 50.4. The quantitative estimate of drug-likeness (QED) is 0.0873. The molecule has 0 radical (unpaired) electrons. The third kappa shape index (κ3) is 5.56. The molecule has 0 aliphatic carbocycles. The first-order valence-corrected chi connectivity index (χ1v) is 10.7. The molecule has 0 aromatic carbocycles. The summed E-state index contributed by atoms with van der Waals surface area (Å²) in [4.78, 5) is 0. The molecule has 0 spiro atoms. The zero-order valence-electron chi connectivity index (χ0n) is 22.1. The van der Waals surface area contributed by atoms with Gasteiger partial charge < -0.3 is 0 Å². The molecule has 0 saturated carbocycles. The summed E-state index contributed by atoms with van der Waals surface area (Å²) in [6.45, 7) is 0. The van der Waals surface area contributed by atoms with Gasteiger partial charge in [-0.1, -0.05) is 0 Å². The summed E-state index contributed by atoms with van der Waals surface area (Å²) in [7, 11) is 0. The van der Waals surface area contributed by atoms with Crippen molar-refractivity contribution in [3.05, 3.63) is 0 Å². The molecule has 0 saturated heterocycles. The Kier molecular flexibility index (Phi) is 11.2. The van der Waals surface area contributed by atoms with Crippen LogP contribution in [0.3, 0.4) is 0 Å². The van der Waals surface area contributed by atoms with E-state index in [1.807, 2.05) is 0 Å². The fraction of sp³-hybridized carbons (Fsp3) is 1.00. The average molecular weight is 890 g/mol. The Morgan fingerprint density at radius 3 is 0.396 bits per heavy atom. The van der Waals surface area contributed by atoms with Crippen LogP contribution in [0, 0.1) is 0 Å². The first-order chi connectivity index (χ1) is 22.0. The fourth-order valence-corrected chi connectivity index (χ4v) is 2.89. The van der Waals surface area contributed by atoms with Gasteiger partial charge in [-0.2, -0.15) is 136 Å². The van der Waals surface area contributed by atoms with Crippen molar-refractivity contribution in [1.29, 1.82) is 0 Å². The smallest absolute Gasteiger partial charge is 0.192 e. The van der Waals surface area contributed by atoms with E-state index >= 15 is 0 Å². The predicted octanol–water partition coefficient (Wildman–Crippen LogP) is 11.5. The molecule has 0 aromatic heterocycles. The van der Waals surface area contributed by atoms with Crippen molar-refractivity contribution in [2.75, 3.05) is 0 Å². The summed E-state index contributed by atoms with van der Waals surface area (Å²) in [6, 6.07) is -9.02. The molecule has 320 valence electrons. The van der Waals surface area contributed by atoms with Crippen LogP contribution in [0.4, 0.5) is 158 Å². The Bertz CT molecular complexity index is 1240. The SMILES string of the molecule is FC(F)(F)C(F)(F)C(F)(F)C(F)(F)C(F)(F)C(F)(F)C(F)(F)C(F)(F)C(F)(F)C(F)(F)C(F)(F)C(F)(F)C(F)(F)C(F)(F)C(F)(F)C(F)(F)[N+](F)(F)F. The van der Waals surface area contributed by atoms with Crippen LogP contribution in [-0.4, -0.2) is 100 Å². The lowest BCUT2D eigenvalue weighted by Crippen LogP contribution is -2.80. The van der Waals surface area contributed by atoms with Gasteiger partial charge >= 0.3 is 100 Å². The maximum Gasteiger partial charge on any atom is 0.576 e. The van der Waals surface area contributed by atoms with Crippen LogP contribution in [0.1, 0.15) is 0 Å². The van der Waals surface area contributed by atoms with Gasteiger partial charge in [-0.05, 0) is 0 Å². The van der Waals surface area contributed by atoms with Gasteiger partial charge in [0.1, 0.15) is 0 Å². The van der Waals surface area contributed by atoms with Gasteiger partial charge in [-0.15, -0.1) is 8.78 Å². The second-order valence-electron chi connectivity index (χ2n) is 9.53. The largest absolute Gasteiger partial charge is 0.576 e. The summed E-state index contributed by atoms with van der Waals surface area (Å²) < 4.78 is 474. The van der Waals surface area contributed by atoms with E-state index in [1.54, 1.807) is 0 Å². The second-order valence-corrected chi connectivity index (χ2v) is 9.53. The molecule has 0 atom stereocenters. The standard InChI is InChI=1S/C16F36N/c17-1(18,3(21,22)5(25,26)7(29,30)9(33,34)11(37,38)13(41,42)15(45,46)47)2(19,20)4(23,24)6(27,28)8(31,32)10(35,36)12(39,40)14(43,44)16(48,49)53(50,51)52/q+1. The monoisotopic (exact) mass is 890 g/mol. The minimum atomic E-state index is -10.4. The molecule has 0 aliphatic rings. The fourth-order valence-electron chi connectivity index (χ4n) is 2.89. The number of hydrogen-bond donors (Lipinski definition) is 0. The van der Waals surface area contributed by atoms with Crippen molar-refractivity contribution in [3.63, 3.8) is 0 Å². The number of rotatable bonds is 15. The van der Waals surface area contributed by atoms with Crippen LogP contribution in [0.25, 0.3) is 0 Å². The van der Waals surface area contributed by atoms with E-state index in [4.69, 9.17) is 0 Å². The van der Waals surface area contributed by atoms with Gasteiger partial charge in [0.2, 0.25) is 0 Å². The Hall–Kier alpha value is -2.56. The van der Waals surface area contributed by atoms with Crippen LogP contribution in [0.15, 0.2) is 0 Å². The normalized spacial score (nSPS) is 17.4. The predicted molar refractivity (Wildman–Crippen MR) is 83.8 cm³/mol. The maximum atomic E-state index is 13.7. The van der Waals surface area contributed by atoms with E-state index in [1.165, 1.54) is 0 Å². The van der Waals surface area contributed by atoms with Crippen molar-refractivity contribution < 1.29 is 163 Å². The second kappa shape index (κ2) is 11.7. The zero-order chi connectivity index (χ0) is 44.5. The lowest BCUT2D eigenvalue weighted by atomic mass is 9.83. The maximum absolute atomic E-state index is 13.7. The van der Waals surface area contributed by atoms with Gasteiger partial charge in [-0.3, -0.25) is 0 Å². The van der Waals surface area contributed by atoms with E-state index in [0.717, 1.165) is 0 Å².